The third-order valence-electron chi connectivity index (χ3n) is 1.21. The second-order valence-corrected chi connectivity index (χ2v) is 3.31. The van der Waals surface area contributed by atoms with E-state index in [-0.39, 0.29) is 5.75 Å². The first-order chi connectivity index (χ1) is 5.74. The molecule has 0 aliphatic rings. The number of carbonyl (C=O) groups is 1. The van der Waals surface area contributed by atoms with E-state index in [0.717, 1.165) is 0 Å². The Labute approximate surface area is 79.0 Å². The van der Waals surface area contributed by atoms with Crippen molar-refractivity contribution in [3.63, 3.8) is 0 Å². The van der Waals surface area contributed by atoms with Crippen molar-refractivity contribution < 1.29 is 9.90 Å². The SMILES string of the molecule is O=C(O)[C@@H](CS)Nc1nccs1. The Morgan fingerprint density at radius 1 is 1.92 bits per heavy atom. The Kier molecular flexibility index (Phi) is 3.36. The van der Waals surface area contributed by atoms with Crippen LogP contribution in [-0.2, 0) is 4.79 Å². The van der Waals surface area contributed by atoms with Crippen LogP contribution < -0.4 is 5.32 Å². The Morgan fingerprint density at radius 2 is 2.67 bits per heavy atom. The zero-order valence-corrected chi connectivity index (χ0v) is 7.81. The normalized spacial score (nSPS) is 12.4. The molecule has 1 aromatic rings. The van der Waals surface area contributed by atoms with Gasteiger partial charge in [-0.25, -0.2) is 9.78 Å². The molecule has 1 aromatic heterocycles. The summed E-state index contributed by atoms with van der Waals surface area (Å²) in [5, 5.41) is 13.8. The third kappa shape index (κ3) is 2.38. The molecule has 0 radical (unpaired) electrons. The first-order valence-corrected chi connectivity index (χ1v) is 4.75. The van der Waals surface area contributed by atoms with Gasteiger partial charge in [0.25, 0.3) is 0 Å². The Bertz CT molecular complexity index is 250. The molecule has 0 saturated carbocycles. The summed E-state index contributed by atoms with van der Waals surface area (Å²) >= 11 is 5.26. The van der Waals surface area contributed by atoms with Crippen LogP contribution in [0.2, 0.25) is 0 Å². The zero-order valence-electron chi connectivity index (χ0n) is 6.10. The van der Waals surface area contributed by atoms with Crippen molar-refractivity contribution in [3.05, 3.63) is 11.6 Å². The van der Waals surface area contributed by atoms with E-state index in [4.69, 9.17) is 5.11 Å². The molecule has 12 heavy (non-hydrogen) atoms. The number of carboxylic acids is 1. The van der Waals surface area contributed by atoms with Gasteiger partial charge in [-0.2, -0.15) is 12.6 Å². The Balaban J connectivity index is 2.54. The summed E-state index contributed by atoms with van der Waals surface area (Å²) in [6, 6.07) is -0.667. The van der Waals surface area contributed by atoms with E-state index in [1.165, 1.54) is 11.3 Å². The lowest BCUT2D eigenvalue weighted by molar-refractivity contribution is -0.137. The maximum absolute atomic E-state index is 10.5. The summed E-state index contributed by atoms with van der Waals surface area (Å²) in [5.74, 6) is -0.672. The van der Waals surface area contributed by atoms with Gasteiger partial charge in [-0.1, -0.05) is 0 Å². The molecule has 0 fully saturated rings. The minimum atomic E-state index is -0.916. The average molecular weight is 204 g/mol. The van der Waals surface area contributed by atoms with Crippen LogP contribution in [0.25, 0.3) is 0 Å². The first-order valence-electron chi connectivity index (χ1n) is 3.23. The van der Waals surface area contributed by atoms with Crippen LogP contribution in [0, 0.1) is 0 Å². The van der Waals surface area contributed by atoms with Gasteiger partial charge in [0.05, 0.1) is 0 Å². The van der Waals surface area contributed by atoms with Gasteiger partial charge in [0.1, 0.15) is 6.04 Å². The highest BCUT2D eigenvalue weighted by Crippen LogP contribution is 2.12. The lowest BCUT2D eigenvalue weighted by Gasteiger charge is -2.09. The summed E-state index contributed by atoms with van der Waals surface area (Å²) in [6.45, 7) is 0. The van der Waals surface area contributed by atoms with Gasteiger partial charge in [0.2, 0.25) is 0 Å². The van der Waals surface area contributed by atoms with Crippen molar-refractivity contribution in [3.8, 4) is 0 Å². The number of carboxylic acid groups (broad SMARTS) is 1. The molecular weight excluding hydrogens is 196 g/mol. The number of aromatic nitrogens is 1. The van der Waals surface area contributed by atoms with E-state index in [1.54, 1.807) is 11.6 Å². The van der Waals surface area contributed by atoms with E-state index < -0.39 is 12.0 Å². The van der Waals surface area contributed by atoms with Crippen molar-refractivity contribution in [2.24, 2.45) is 0 Å². The number of hydrogen-bond acceptors (Lipinski definition) is 5. The molecule has 0 aliphatic heterocycles. The number of hydrogen-bond donors (Lipinski definition) is 3. The summed E-state index contributed by atoms with van der Waals surface area (Å²) in [4.78, 5) is 14.4. The second-order valence-electron chi connectivity index (χ2n) is 2.05. The van der Waals surface area contributed by atoms with Crippen molar-refractivity contribution in [2.45, 2.75) is 6.04 Å². The van der Waals surface area contributed by atoms with Crippen molar-refractivity contribution in [2.75, 3.05) is 11.1 Å². The quantitative estimate of drug-likeness (QED) is 0.639. The number of nitrogens with one attached hydrogen (secondary N) is 1. The van der Waals surface area contributed by atoms with Crippen LogP contribution in [0.15, 0.2) is 11.6 Å². The summed E-state index contributed by atoms with van der Waals surface area (Å²) in [5.41, 5.74) is 0. The summed E-state index contributed by atoms with van der Waals surface area (Å²) < 4.78 is 0. The van der Waals surface area contributed by atoms with E-state index in [9.17, 15) is 4.79 Å². The van der Waals surface area contributed by atoms with Gasteiger partial charge in [0, 0.05) is 17.3 Å². The Hall–Kier alpha value is -0.750. The molecule has 1 rings (SSSR count). The zero-order chi connectivity index (χ0) is 8.97. The van der Waals surface area contributed by atoms with Crippen molar-refractivity contribution >= 4 is 35.1 Å². The first kappa shape index (κ1) is 9.34. The lowest BCUT2D eigenvalue weighted by Crippen LogP contribution is -2.30. The highest BCUT2D eigenvalue weighted by Gasteiger charge is 2.15. The van der Waals surface area contributed by atoms with Crippen LogP contribution in [0.4, 0.5) is 5.13 Å². The van der Waals surface area contributed by atoms with Gasteiger partial charge >= 0.3 is 5.97 Å². The van der Waals surface area contributed by atoms with Crippen LogP contribution in [0.5, 0.6) is 0 Å². The smallest absolute Gasteiger partial charge is 0.327 e. The number of thiol groups is 1. The molecule has 0 spiro atoms. The number of nitrogens with zero attached hydrogens (tertiary/aromatic N) is 1. The topological polar surface area (TPSA) is 62.2 Å². The summed E-state index contributed by atoms with van der Waals surface area (Å²) in [7, 11) is 0. The number of thiazole rings is 1. The summed E-state index contributed by atoms with van der Waals surface area (Å²) in [6.07, 6.45) is 1.62. The van der Waals surface area contributed by atoms with Gasteiger partial charge in [-0.3, -0.25) is 0 Å². The molecule has 0 saturated heterocycles. The third-order valence-corrected chi connectivity index (χ3v) is 2.28. The largest absolute Gasteiger partial charge is 0.480 e. The van der Waals surface area contributed by atoms with Gasteiger partial charge < -0.3 is 10.4 Å². The number of anilines is 1. The highest BCUT2D eigenvalue weighted by molar-refractivity contribution is 7.80. The minimum absolute atomic E-state index is 0.245. The molecule has 1 heterocycles. The highest BCUT2D eigenvalue weighted by atomic mass is 32.1. The van der Waals surface area contributed by atoms with Crippen LogP contribution in [0.3, 0.4) is 0 Å². The predicted molar refractivity (Wildman–Crippen MR) is 51.0 cm³/mol. The molecule has 1 atom stereocenters. The molecule has 0 bridgehead atoms. The van der Waals surface area contributed by atoms with Gasteiger partial charge in [0.15, 0.2) is 5.13 Å². The molecular formula is C6H8N2O2S2. The van der Waals surface area contributed by atoms with Gasteiger partial charge in [-0.05, 0) is 0 Å². The maximum Gasteiger partial charge on any atom is 0.327 e. The molecule has 4 nitrogen and oxygen atoms in total. The Morgan fingerprint density at radius 3 is 3.08 bits per heavy atom. The maximum atomic E-state index is 10.5. The fourth-order valence-electron chi connectivity index (χ4n) is 0.629. The fraction of sp³-hybridized carbons (Fsp3) is 0.333. The number of aliphatic carboxylic acids is 1. The van der Waals surface area contributed by atoms with Crippen LogP contribution >= 0.6 is 24.0 Å². The second kappa shape index (κ2) is 4.32. The standard InChI is InChI=1S/C6H8N2O2S2/c9-5(10)4(3-11)8-6-7-1-2-12-6/h1-2,4,11H,3H2,(H,7,8)(H,9,10)/t4-/m1/s1. The molecule has 2 N–H and O–H groups in total. The average Bonchev–Trinajstić information content (AvgIpc) is 2.51. The van der Waals surface area contributed by atoms with E-state index in [2.05, 4.69) is 22.9 Å². The van der Waals surface area contributed by atoms with Crippen LogP contribution in [0.1, 0.15) is 0 Å². The lowest BCUT2D eigenvalue weighted by atomic mass is 10.3. The molecule has 66 valence electrons. The van der Waals surface area contributed by atoms with Gasteiger partial charge in [-0.15, -0.1) is 11.3 Å². The van der Waals surface area contributed by atoms with E-state index >= 15 is 0 Å². The van der Waals surface area contributed by atoms with E-state index in [1.807, 2.05) is 0 Å². The van der Waals surface area contributed by atoms with E-state index in [0.29, 0.717) is 5.13 Å². The predicted octanol–water partition coefficient (Wildman–Crippen LogP) is 0.938. The monoisotopic (exact) mass is 204 g/mol. The molecule has 0 aliphatic carbocycles. The molecule has 0 amide bonds. The minimum Gasteiger partial charge on any atom is -0.480 e. The van der Waals surface area contributed by atoms with Crippen LogP contribution in [-0.4, -0.2) is 27.9 Å². The molecule has 6 heteroatoms. The molecule has 0 unspecified atom stereocenters. The fourth-order valence-corrected chi connectivity index (χ4v) is 1.46. The van der Waals surface area contributed by atoms with Crippen molar-refractivity contribution in [1.29, 1.82) is 0 Å². The molecule has 0 aromatic carbocycles. The number of rotatable bonds is 4. The van der Waals surface area contributed by atoms with Crippen molar-refractivity contribution in [1.82, 2.24) is 4.98 Å².